The molecule has 1 fully saturated rings. The first-order valence-electron chi connectivity index (χ1n) is 10.1. The zero-order valence-corrected chi connectivity index (χ0v) is 16.8. The van der Waals surface area contributed by atoms with Crippen LogP contribution in [0.4, 0.5) is 4.39 Å². The third kappa shape index (κ3) is 5.24. The van der Waals surface area contributed by atoms with Crippen LogP contribution in [-0.4, -0.2) is 58.3 Å². The highest BCUT2D eigenvalue weighted by Crippen LogP contribution is 2.13. The van der Waals surface area contributed by atoms with Crippen LogP contribution in [0.15, 0.2) is 67.0 Å². The Morgan fingerprint density at radius 2 is 1.80 bits per heavy atom. The number of carbonyl (C=O) groups excluding carboxylic acids is 1. The number of para-hydroxylation sites is 1. The summed E-state index contributed by atoms with van der Waals surface area (Å²) in [6.07, 6.45) is 4.27. The van der Waals surface area contributed by atoms with Crippen LogP contribution in [0, 0.1) is 5.82 Å². The van der Waals surface area contributed by atoms with Gasteiger partial charge in [0.05, 0.1) is 18.4 Å². The Morgan fingerprint density at radius 3 is 2.60 bits per heavy atom. The van der Waals surface area contributed by atoms with Crippen LogP contribution in [0.1, 0.15) is 12.0 Å². The highest BCUT2D eigenvalue weighted by Gasteiger charge is 2.21. The molecule has 0 N–H and O–H groups in total. The van der Waals surface area contributed by atoms with Crippen LogP contribution >= 0.6 is 0 Å². The molecular weight excluding hydrogens is 383 g/mol. The molecule has 1 saturated heterocycles. The number of amides is 1. The van der Waals surface area contributed by atoms with Gasteiger partial charge in [-0.05, 0) is 36.4 Å². The first-order chi connectivity index (χ1) is 14.7. The van der Waals surface area contributed by atoms with E-state index in [0.29, 0.717) is 26.1 Å². The Bertz CT molecular complexity index is 959. The first kappa shape index (κ1) is 20.1. The molecule has 1 amide bonds. The van der Waals surface area contributed by atoms with Crippen LogP contribution < -0.4 is 4.74 Å². The van der Waals surface area contributed by atoms with Gasteiger partial charge in [0.1, 0.15) is 18.2 Å². The molecule has 0 spiro atoms. The number of nitrogens with zero attached hydrogens (tertiary/aromatic N) is 4. The first-order valence-corrected chi connectivity index (χ1v) is 10.1. The summed E-state index contributed by atoms with van der Waals surface area (Å²) in [6, 6.07) is 15.9. The molecule has 0 unspecified atom stereocenters. The minimum absolute atomic E-state index is 0.163. The Balaban J connectivity index is 1.28. The molecule has 156 valence electrons. The van der Waals surface area contributed by atoms with Crippen molar-refractivity contribution in [2.24, 2.45) is 0 Å². The molecule has 0 saturated carbocycles. The SMILES string of the molecule is O=C1CCN(Cc2cnn(-c3ccc(F)cc3)c2)CCN1CCOc1ccccc1. The zero-order chi connectivity index (χ0) is 20.8. The normalized spacial score (nSPS) is 15.2. The number of benzene rings is 2. The molecular formula is C23H25FN4O2. The second-order valence-electron chi connectivity index (χ2n) is 7.34. The van der Waals surface area contributed by atoms with Crippen LogP contribution in [0.25, 0.3) is 5.69 Å². The maximum absolute atomic E-state index is 13.1. The molecule has 0 aliphatic carbocycles. The van der Waals surface area contributed by atoms with Crippen LogP contribution in [0.5, 0.6) is 5.75 Å². The fourth-order valence-corrected chi connectivity index (χ4v) is 3.53. The van der Waals surface area contributed by atoms with E-state index in [1.807, 2.05) is 47.6 Å². The van der Waals surface area contributed by atoms with Crippen LogP contribution in [0.2, 0.25) is 0 Å². The molecule has 0 radical (unpaired) electrons. The third-order valence-corrected chi connectivity index (χ3v) is 5.19. The Kier molecular flexibility index (Phi) is 6.39. The lowest BCUT2D eigenvalue weighted by atomic mass is 10.3. The molecule has 2 heterocycles. The predicted molar refractivity (Wildman–Crippen MR) is 112 cm³/mol. The van der Waals surface area contributed by atoms with Gasteiger partial charge in [-0.2, -0.15) is 5.10 Å². The number of ether oxygens (including phenoxy) is 1. The zero-order valence-electron chi connectivity index (χ0n) is 16.8. The quantitative estimate of drug-likeness (QED) is 0.603. The van der Waals surface area contributed by atoms with Crippen molar-refractivity contribution >= 4 is 5.91 Å². The van der Waals surface area contributed by atoms with Crippen molar-refractivity contribution < 1.29 is 13.9 Å². The van der Waals surface area contributed by atoms with E-state index in [2.05, 4.69) is 10.00 Å². The summed E-state index contributed by atoms with van der Waals surface area (Å²) >= 11 is 0. The molecule has 1 aliphatic heterocycles. The molecule has 2 aromatic carbocycles. The highest BCUT2D eigenvalue weighted by molar-refractivity contribution is 5.76. The van der Waals surface area contributed by atoms with Gasteiger partial charge in [-0.15, -0.1) is 0 Å². The van der Waals surface area contributed by atoms with Crippen molar-refractivity contribution in [1.82, 2.24) is 19.6 Å². The summed E-state index contributed by atoms with van der Waals surface area (Å²) in [7, 11) is 0. The lowest BCUT2D eigenvalue weighted by molar-refractivity contribution is -0.130. The topological polar surface area (TPSA) is 50.6 Å². The van der Waals surface area contributed by atoms with Crippen LogP contribution in [-0.2, 0) is 11.3 Å². The van der Waals surface area contributed by atoms with Gasteiger partial charge in [-0.3, -0.25) is 9.69 Å². The van der Waals surface area contributed by atoms with Gasteiger partial charge >= 0.3 is 0 Å². The van der Waals surface area contributed by atoms with Gasteiger partial charge in [0, 0.05) is 44.4 Å². The molecule has 0 atom stereocenters. The van der Waals surface area contributed by atoms with Gasteiger partial charge in [0.25, 0.3) is 0 Å². The van der Waals surface area contributed by atoms with E-state index in [0.717, 1.165) is 36.6 Å². The lowest BCUT2D eigenvalue weighted by Gasteiger charge is -2.22. The number of rotatable bonds is 7. The summed E-state index contributed by atoms with van der Waals surface area (Å²) in [5.41, 5.74) is 1.88. The van der Waals surface area contributed by atoms with Gasteiger partial charge in [-0.1, -0.05) is 18.2 Å². The Hall–Kier alpha value is -3.19. The Morgan fingerprint density at radius 1 is 1.00 bits per heavy atom. The maximum atomic E-state index is 13.1. The number of carbonyl (C=O) groups is 1. The number of halogens is 1. The van der Waals surface area contributed by atoms with E-state index >= 15 is 0 Å². The molecule has 3 aromatic rings. The highest BCUT2D eigenvalue weighted by atomic mass is 19.1. The molecule has 0 bridgehead atoms. The summed E-state index contributed by atoms with van der Waals surface area (Å²) in [5, 5.41) is 4.38. The molecule has 1 aliphatic rings. The largest absolute Gasteiger partial charge is 0.492 e. The molecule has 30 heavy (non-hydrogen) atoms. The molecule has 4 rings (SSSR count). The molecule has 6 nitrogen and oxygen atoms in total. The van der Waals surface area contributed by atoms with Crippen molar-refractivity contribution in [2.45, 2.75) is 13.0 Å². The van der Waals surface area contributed by atoms with Crippen molar-refractivity contribution in [3.63, 3.8) is 0 Å². The fourth-order valence-electron chi connectivity index (χ4n) is 3.53. The smallest absolute Gasteiger partial charge is 0.224 e. The van der Waals surface area contributed by atoms with E-state index in [1.54, 1.807) is 16.8 Å². The van der Waals surface area contributed by atoms with Crippen molar-refractivity contribution in [1.29, 1.82) is 0 Å². The van der Waals surface area contributed by atoms with E-state index < -0.39 is 0 Å². The third-order valence-electron chi connectivity index (χ3n) is 5.19. The average Bonchev–Trinajstić information content (AvgIpc) is 3.16. The average molecular weight is 408 g/mol. The van der Waals surface area contributed by atoms with E-state index in [4.69, 9.17) is 4.74 Å². The minimum atomic E-state index is -0.265. The second kappa shape index (κ2) is 9.54. The second-order valence-corrected chi connectivity index (χ2v) is 7.34. The maximum Gasteiger partial charge on any atom is 0.224 e. The van der Waals surface area contributed by atoms with E-state index in [1.165, 1.54) is 12.1 Å². The van der Waals surface area contributed by atoms with E-state index in [9.17, 15) is 9.18 Å². The standard InChI is InChI=1S/C23H25FN4O2/c24-20-6-8-21(9-7-20)28-18-19(16-25-28)17-26-11-10-23(29)27(13-12-26)14-15-30-22-4-2-1-3-5-22/h1-9,16,18H,10-15,17H2. The Labute approximate surface area is 175 Å². The summed E-state index contributed by atoms with van der Waals surface area (Å²) in [4.78, 5) is 16.6. The number of hydrogen-bond acceptors (Lipinski definition) is 4. The van der Waals surface area contributed by atoms with Gasteiger partial charge in [0.2, 0.25) is 5.91 Å². The summed E-state index contributed by atoms with van der Waals surface area (Å²) in [6.45, 7) is 4.01. The molecule has 1 aromatic heterocycles. The fraction of sp³-hybridized carbons (Fsp3) is 0.304. The van der Waals surface area contributed by atoms with E-state index in [-0.39, 0.29) is 11.7 Å². The number of hydrogen-bond donors (Lipinski definition) is 0. The van der Waals surface area contributed by atoms with Gasteiger partial charge < -0.3 is 9.64 Å². The lowest BCUT2D eigenvalue weighted by Crippen LogP contribution is -2.36. The number of aromatic nitrogens is 2. The summed E-state index contributed by atoms with van der Waals surface area (Å²) in [5.74, 6) is 0.717. The predicted octanol–water partition coefficient (Wildman–Crippen LogP) is 3.12. The monoisotopic (exact) mass is 408 g/mol. The minimum Gasteiger partial charge on any atom is -0.492 e. The van der Waals surface area contributed by atoms with Gasteiger partial charge in [0.15, 0.2) is 0 Å². The molecule has 7 heteroatoms. The van der Waals surface area contributed by atoms with Gasteiger partial charge in [-0.25, -0.2) is 9.07 Å². The van der Waals surface area contributed by atoms with Crippen molar-refractivity contribution in [3.8, 4) is 11.4 Å². The van der Waals surface area contributed by atoms with Crippen molar-refractivity contribution in [2.75, 3.05) is 32.8 Å². The summed E-state index contributed by atoms with van der Waals surface area (Å²) < 4.78 is 20.6. The van der Waals surface area contributed by atoms with Crippen LogP contribution in [0.3, 0.4) is 0 Å². The van der Waals surface area contributed by atoms with Crippen molar-refractivity contribution in [3.05, 3.63) is 78.4 Å².